The zero-order chi connectivity index (χ0) is 12.1. The van der Waals surface area contributed by atoms with Crippen LogP contribution in [0.1, 0.15) is 0 Å². The Morgan fingerprint density at radius 1 is 0.882 bits per heavy atom. The summed E-state index contributed by atoms with van der Waals surface area (Å²) in [6, 6.07) is 15.7. The minimum absolute atomic E-state index is 0.895. The smallest absolute Gasteiger partial charge is 0.0931 e. The van der Waals surface area contributed by atoms with Crippen LogP contribution < -0.4 is 5.32 Å². The van der Waals surface area contributed by atoms with Gasteiger partial charge in [-0.15, -0.1) is 0 Å². The minimum atomic E-state index is 0.895. The molecule has 86 valence electrons. The molecule has 2 aromatic rings. The number of nitrogens with one attached hydrogen (secondary N) is 1. The zero-order valence-electron chi connectivity index (χ0n) is 8.90. The van der Waals surface area contributed by atoms with Gasteiger partial charge in [-0.2, -0.15) is 0 Å². The van der Waals surface area contributed by atoms with Gasteiger partial charge < -0.3 is 5.32 Å². The Morgan fingerprint density at radius 3 is 2.24 bits per heavy atom. The van der Waals surface area contributed by atoms with E-state index < -0.39 is 0 Å². The van der Waals surface area contributed by atoms with E-state index in [1.165, 1.54) is 0 Å². The molecule has 17 heavy (non-hydrogen) atoms. The van der Waals surface area contributed by atoms with E-state index in [-0.39, 0.29) is 0 Å². The average molecular weight is 354 g/mol. The fourth-order valence-electron chi connectivity index (χ4n) is 1.31. The molecule has 0 fully saturated rings. The predicted octanol–water partition coefficient (Wildman–Crippen LogP) is 4.98. The lowest BCUT2D eigenvalue weighted by atomic mass is 10.3. The van der Waals surface area contributed by atoms with Crippen LogP contribution in [0.2, 0.25) is 0 Å². The molecule has 0 aliphatic rings. The van der Waals surface area contributed by atoms with Crippen molar-refractivity contribution in [1.82, 2.24) is 0 Å². The van der Waals surface area contributed by atoms with Crippen LogP contribution in [-0.4, -0.2) is 6.34 Å². The summed E-state index contributed by atoms with van der Waals surface area (Å²) in [5.74, 6) is 0. The summed E-state index contributed by atoms with van der Waals surface area (Å²) in [7, 11) is 0. The Kier molecular flexibility index (Phi) is 4.34. The van der Waals surface area contributed by atoms with Crippen molar-refractivity contribution in [1.29, 1.82) is 0 Å². The highest BCUT2D eigenvalue weighted by Gasteiger charge is 1.96. The first kappa shape index (κ1) is 12.3. The lowest BCUT2D eigenvalue weighted by molar-refractivity contribution is 1.49. The van der Waals surface area contributed by atoms with Crippen molar-refractivity contribution >= 4 is 49.6 Å². The first-order valence-corrected chi connectivity index (χ1v) is 6.64. The van der Waals surface area contributed by atoms with Crippen LogP contribution in [0.5, 0.6) is 0 Å². The molecule has 2 rings (SSSR count). The molecule has 0 amide bonds. The molecule has 0 unspecified atom stereocenters. The number of nitrogens with zero attached hydrogens (tertiary/aromatic N) is 1. The third-order valence-electron chi connectivity index (χ3n) is 2.15. The van der Waals surface area contributed by atoms with E-state index in [9.17, 15) is 0 Å². The summed E-state index contributed by atoms with van der Waals surface area (Å²) in [5, 5.41) is 3.13. The molecule has 0 saturated carbocycles. The molecule has 0 saturated heterocycles. The number of aliphatic imine (C=N–C) groups is 1. The maximum absolute atomic E-state index is 4.34. The number of para-hydroxylation sites is 2. The lowest BCUT2D eigenvalue weighted by Crippen LogP contribution is -1.94. The number of halogens is 2. The molecule has 1 N–H and O–H groups in total. The molecule has 0 aliphatic heterocycles. The standard InChI is InChI=1S/C13H10Br2N2/c14-10-5-1-3-7-12(10)16-9-17-13-8-4-2-6-11(13)15/h1-9H,(H,16,17). The largest absolute Gasteiger partial charge is 0.345 e. The first-order valence-electron chi connectivity index (χ1n) is 5.05. The Hall–Kier alpha value is -1.13. The van der Waals surface area contributed by atoms with Crippen LogP contribution in [0.25, 0.3) is 0 Å². The number of rotatable bonds is 3. The van der Waals surface area contributed by atoms with E-state index in [0.29, 0.717) is 0 Å². The number of hydrogen-bond donors (Lipinski definition) is 1. The zero-order valence-corrected chi connectivity index (χ0v) is 12.1. The van der Waals surface area contributed by atoms with Crippen molar-refractivity contribution in [3.8, 4) is 0 Å². The van der Waals surface area contributed by atoms with E-state index in [1.54, 1.807) is 6.34 Å². The molecular formula is C13H10Br2N2. The normalized spacial score (nSPS) is 10.7. The second-order valence-electron chi connectivity index (χ2n) is 3.33. The Labute approximate surface area is 117 Å². The predicted molar refractivity (Wildman–Crippen MR) is 80.1 cm³/mol. The molecule has 0 heterocycles. The van der Waals surface area contributed by atoms with E-state index in [2.05, 4.69) is 42.2 Å². The van der Waals surface area contributed by atoms with Gasteiger partial charge in [0.05, 0.1) is 17.7 Å². The van der Waals surface area contributed by atoms with Crippen LogP contribution in [-0.2, 0) is 0 Å². The third-order valence-corrected chi connectivity index (χ3v) is 3.51. The number of benzene rings is 2. The highest BCUT2D eigenvalue weighted by molar-refractivity contribution is 9.11. The molecule has 0 spiro atoms. The quantitative estimate of drug-likeness (QED) is 0.610. The van der Waals surface area contributed by atoms with Gasteiger partial charge in [0.15, 0.2) is 0 Å². The second kappa shape index (κ2) is 5.98. The minimum Gasteiger partial charge on any atom is -0.345 e. The fourth-order valence-corrected chi connectivity index (χ4v) is 2.09. The highest BCUT2D eigenvalue weighted by Crippen LogP contribution is 2.24. The highest BCUT2D eigenvalue weighted by atomic mass is 79.9. The van der Waals surface area contributed by atoms with Crippen LogP contribution >= 0.6 is 31.9 Å². The van der Waals surface area contributed by atoms with Crippen LogP contribution in [0.3, 0.4) is 0 Å². The van der Waals surface area contributed by atoms with Gasteiger partial charge in [-0.3, -0.25) is 0 Å². The molecule has 0 bridgehead atoms. The SMILES string of the molecule is Brc1ccccc1N=CNc1ccccc1Br. The molecule has 0 atom stereocenters. The van der Waals surface area contributed by atoms with Gasteiger partial charge in [-0.25, -0.2) is 4.99 Å². The van der Waals surface area contributed by atoms with Gasteiger partial charge in [-0.1, -0.05) is 24.3 Å². The van der Waals surface area contributed by atoms with Crippen molar-refractivity contribution in [2.24, 2.45) is 4.99 Å². The summed E-state index contributed by atoms with van der Waals surface area (Å²) >= 11 is 6.91. The Balaban J connectivity index is 2.09. The average Bonchev–Trinajstić information content (AvgIpc) is 2.34. The van der Waals surface area contributed by atoms with Crippen molar-refractivity contribution in [2.75, 3.05) is 5.32 Å². The Morgan fingerprint density at radius 2 is 1.53 bits per heavy atom. The van der Waals surface area contributed by atoms with Crippen LogP contribution in [0, 0.1) is 0 Å². The topological polar surface area (TPSA) is 24.4 Å². The van der Waals surface area contributed by atoms with E-state index in [0.717, 1.165) is 20.3 Å². The van der Waals surface area contributed by atoms with E-state index >= 15 is 0 Å². The summed E-state index contributed by atoms with van der Waals surface area (Å²) < 4.78 is 1.99. The molecule has 0 aromatic heterocycles. The van der Waals surface area contributed by atoms with Crippen LogP contribution in [0.15, 0.2) is 62.5 Å². The van der Waals surface area contributed by atoms with Gasteiger partial charge >= 0.3 is 0 Å². The van der Waals surface area contributed by atoms with Crippen molar-refractivity contribution in [2.45, 2.75) is 0 Å². The van der Waals surface area contributed by atoms with Gasteiger partial charge in [0.2, 0.25) is 0 Å². The molecule has 2 nitrogen and oxygen atoms in total. The molecule has 4 heteroatoms. The van der Waals surface area contributed by atoms with Crippen molar-refractivity contribution < 1.29 is 0 Å². The van der Waals surface area contributed by atoms with E-state index in [1.807, 2.05) is 48.5 Å². The summed E-state index contributed by atoms with van der Waals surface area (Å²) in [6.45, 7) is 0. The van der Waals surface area contributed by atoms with Gasteiger partial charge in [-0.05, 0) is 56.1 Å². The Bertz CT molecular complexity index is 538. The second-order valence-corrected chi connectivity index (χ2v) is 5.04. The molecule has 0 aliphatic carbocycles. The van der Waals surface area contributed by atoms with Gasteiger partial charge in [0, 0.05) is 8.95 Å². The molecular weight excluding hydrogens is 344 g/mol. The summed E-state index contributed by atoms with van der Waals surface area (Å²) in [6.07, 6.45) is 1.68. The number of hydrogen-bond acceptors (Lipinski definition) is 1. The lowest BCUT2D eigenvalue weighted by Gasteiger charge is -2.02. The van der Waals surface area contributed by atoms with Crippen molar-refractivity contribution in [3.63, 3.8) is 0 Å². The summed E-state index contributed by atoms with van der Waals surface area (Å²) in [5.41, 5.74) is 1.88. The third kappa shape index (κ3) is 3.41. The van der Waals surface area contributed by atoms with Crippen molar-refractivity contribution in [3.05, 3.63) is 57.5 Å². The first-order chi connectivity index (χ1) is 8.27. The maximum atomic E-state index is 4.34. The maximum Gasteiger partial charge on any atom is 0.0931 e. The fraction of sp³-hybridized carbons (Fsp3) is 0. The van der Waals surface area contributed by atoms with E-state index in [4.69, 9.17) is 0 Å². The molecule has 2 aromatic carbocycles. The van der Waals surface area contributed by atoms with Crippen LogP contribution in [0.4, 0.5) is 11.4 Å². The van der Waals surface area contributed by atoms with Gasteiger partial charge in [0.25, 0.3) is 0 Å². The van der Waals surface area contributed by atoms with Gasteiger partial charge in [0.1, 0.15) is 0 Å². The number of anilines is 1. The summed E-state index contributed by atoms with van der Waals surface area (Å²) in [4.78, 5) is 4.34. The molecule has 0 radical (unpaired) electrons. The monoisotopic (exact) mass is 352 g/mol.